The van der Waals surface area contributed by atoms with Crippen LogP contribution < -0.4 is 4.74 Å². The Kier molecular flexibility index (Phi) is 1.96. The van der Waals surface area contributed by atoms with Crippen LogP contribution in [0.15, 0.2) is 47.6 Å². The molecule has 1 aliphatic rings. The van der Waals surface area contributed by atoms with Crippen molar-refractivity contribution in [1.29, 1.82) is 0 Å². The van der Waals surface area contributed by atoms with E-state index in [1.807, 2.05) is 43.3 Å². The van der Waals surface area contributed by atoms with Crippen LogP contribution in [-0.4, -0.2) is 10.7 Å². The summed E-state index contributed by atoms with van der Waals surface area (Å²) < 4.78 is 5.75. The van der Waals surface area contributed by atoms with Crippen LogP contribution in [0.5, 0.6) is 11.6 Å². The van der Waals surface area contributed by atoms with Crippen LogP contribution in [0.1, 0.15) is 12.5 Å². The van der Waals surface area contributed by atoms with Gasteiger partial charge in [0.25, 0.3) is 0 Å². The summed E-state index contributed by atoms with van der Waals surface area (Å²) in [6, 6.07) is 11.6. The summed E-state index contributed by atoms with van der Waals surface area (Å²) in [5, 5.41) is 0. The zero-order chi connectivity index (χ0) is 11.0. The maximum Gasteiger partial charge on any atom is 0.228 e. The first-order valence-corrected chi connectivity index (χ1v) is 5.12. The van der Waals surface area contributed by atoms with Crippen LogP contribution in [0, 0.1) is 0 Å². The van der Waals surface area contributed by atoms with E-state index in [0.29, 0.717) is 5.88 Å². The number of aromatic nitrogens is 1. The number of nitrogens with zero attached hydrogens (tertiary/aromatic N) is 2. The zero-order valence-electron chi connectivity index (χ0n) is 8.84. The molecule has 3 nitrogen and oxygen atoms in total. The van der Waals surface area contributed by atoms with Gasteiger partial charge >= 0.3 is 0 Å². The fourth-order valence-corrected chi connectivity index (χ4v) is 1.73. The fraction of sp³-hybridized carbons (Fsp3) is 0.0769. The van der Waals surface area contributed by atoms with Gasteiger partial charge in [0.1, 0.15) is 5.69 Å². The normalized spacial score (nSPS) is 12.9. The number of fused-ring (bicyclic) bond motifs is 2. The van der Waals surface area contributed by atoms with Crippen molar-refractivity contribution in [2.75, 3.05) is 0 Å². The Balaban J connectivity index is 2.25. The van der Waals surface area contributed by atoms with Crippen molar-refractivity contribution in [3.05, 3.63) is 48.2 Å². The second-order valence-corrected chi connectivity index (χ2v) is 3.62. The second-order valence-electron chi connectivity index (χ2n) is 3.62. The summed E-state index contributed by atoms with van der Waals surface area (Å²) in [6.45, 7) is 1.96. The molecule has 0 fully saturated rings. The molecule has 78 valence electrons. The molecule has 0 spiro atoms. The lowest BCUT2D eigenvalue weighted by atomic mass is 10.2. The highest BCUT2D eigenvalue weighted by atomic mass is 16.5. The lowest BCUT2D eigenvalue weighted by Crippen LogP contribution is -1.97. The van der Waals surface area contributed by atoms with Gasteiger partial charge in [0, 0.05) is 6.20 Å². The summed E-state index contributed by atoms with van der Waals surface area (Å²) in [4.78, 5) is 8.76. The number of para-hydroxylation sites is 2. The standard InChI is InChI=1S/C13H10N2O/c1-9-10-5-4-8-14-13(10)16-12-7-3-2-6-11(12)15-9/h2-8H,1H3. The van der Waals surface area contributed by atoms with E-state index in [4.69, 9.17) is 4.74 Å². The maximum absolute atomic E-state index is 5.75. The van der Waals surface area contributed by atoms with Gasteiger partial charge in [0.15, 0.2) is 5.75 Å². The third-order valence-corrected chi connectivity index (χ3v) is 2.52. The van der Waals surface area contributed by atoms with Crippen molar-refractivity contribution in [1.82, 2.24) is 4.98 Å². The summed E-state index contributed by atoms with van der Waals surface area (Å²) in [6.07, 6.45) is 1.72. The molecule has 0 amide bonds. The first-order chi connectivity index (χ1) is 7.84. The lowest BCUT2D eigenvalue weighted by Gasteiger charge is -2.05. The molecule has 16 heavy (non-hydrogen) atoms. The molecular formula is C13H10N2O. The number of hydrogen-bond donors (Lipinski definition) is 0. The minimum absolute atomic E-state index is 0.619. The number of pyridine rings is 1. The van der Waals surface area contributed by atoms with E-state index in [1.54, 1.807) is 6.20 Å². The summed E-state index contributed by atoms with van der Waals surface area (Å²) in [5.74, 6) is 1.37. The zero-order valence-corrected chi connectivity index (χ0v) is 8.84. The van der Waals surface area contributed by atoms with Gasteiger partial charge in [-0.1, -0.05) is 12.1 Å². The van der Waals surface area contributed by atoms with Crippen LogP contribution >= 0.6 is 0 Å². The van der Waals surface area contributed by atoms with Gasteiger partial charge in [-0.2, -0.15) is 0 Å². The van der Waals surface area contributed by atoms with Crippen LogP contribution in [0.2, 0.25) is 0 Å². The van der Waals surface area contributed by atoms with Gasteiger partial charge in [-0.05, 0) is 31.2 Å². The van der Waals surface area contributed by atoms with E-state index in [0.717, 1.165) is 22.7 Å². The molecule has 0 saturated heterocycles. The van der Waals surface area contributed by atoms with E-state index < -0.39 is 0 Å². The highest BCUT2D eigenvalue weighted by Crippen LogP contribution is 2.35. The molecule has 0 atom stereocenters. The summed E-state index contributed by atoms with van der Waals surface area (Å²) >= 11 is 0. The molecule has 1 aromatic carbocycles. The third-order valence-electron chi connectivity index (χ3n) is 2.52. The van der Waals surface area contributed by atoms with Crippen LogP contribution in [0.4, 0.5) is 5.69 Å². The Morgan fingerprint density at radius 2 is 1.94 bits per heavy atom. The van der Waals surface area contributed by atoms with E-state index in [2.05, 4.69) is 9.98 Å². The van der Waals surface area contributed by atoms with Crippen molar-refractivity contribution < 1.29 is 4.74 Å². The number of ether oxygens (including phenoxy) is 1. The summed E-state index contributed by atoms with van der Waals surface area (Å²) in [5.41, 5.74) is 2.71. The monoisotopic (exact) mass is 210 g/mol. The highest BCUT2D eigenvalue weighted by Gasteiger charge is 2.15. The van der Waals surface area contributed by atoms with Gasteiger partial charge < -0.3 is 4.74 Å². The molecule has 0 saturated carbocycles. The average molecular weight is 210 g/mol. The fourth-order valence-electron chi connectivity index (χ4n) is 1.73. The van der Waals surface area contributed by atoms with Crippen molar-refractivity contribution >= 4 is 11.4 Å². The Hall–Kier alpha value is -2.16. The molecule has 3 rings (SSSR count). The Morgan fingerprint density at radius 3 is 2.88 bits per heavy atom. The van der Waals surface area contributed by atoms with E-state index in [9.17, 15) is 0 Å². The van der Waals surface area contributed by atoms with Crippen LogP contribution in [-0.2, 0) is 0 Å². The second kappa shape index (κ2) is 3.45. The first kappa shape index (κ1) is 9.09. The molecule has 0 radical (unpaired) electrons. The highest BCUT2D eigenvalue weighted by molar-refractivity contribution is 6.03. The van der Waals surface area contributed by atoms with E-state index >= 15 is 0 Å². The predicted molar refractivity (Wildman–Crippen MR) is 62.6 cm³/mol. The van der Waals surface area contributed by atoms with Gasteiger partial charge in [-0.25, -0.2) is 9.98 Å². The van der Waals surface area contributed by atoms with Crippen LogP contribution in [0.25, 0.3) is 0 Å². The number of hydrogen-bond acceptors (Lipinski definition) is 3. The molecule has 0 unspecified atom stereocenters. The lowest BCUT2D eigenvalue weighted by molar-refractivity contribution is 0.465. The number of rotatable bonds is 0. The summed E-state index contributed by atoms with van der Waals surface area (Å²) in [7, 11) is 0. The van der Waals surface area contributed by atoms with Gasteiger partial charge in [-0.15, -0.1) is 0 Å². The van der Waals surface area contributed by atoms with E-state index in [-0.39, 0.29) is 0 Å². The van der Waals surface area contributed by atoms with Gasteiger partial charge in [-0.3, -0.25) is 0 Å². The molecule has 0 N–H and O–H groups in total. The van der Waals surface area contributed by atoms with Gasteiger partial charge in [0.05, 0.1) is 11.3 Å². The molecule has 2 aromatic rings. The number of aliphatic imine (C=N–C) groups is 1. The quantitative estimate of drug-likeness (QED) is 0.668. The smallest absolute Gasteiger partial charge is 0.228 e. The first-order valence-electron chi connectivity index (χ1n) is 5.12. The third kappa shape index (κ3) is 1.37. The van der Waals surface area contributed by atoms with Crippen molar-refractivity contribution in [2.24, 2.45) is 4.99 Å². The minimum Gasteiger partial charge on any atom is -0.436 e. The van der Waals surface area contributed by atoms with Crippen molar-refractivity contribution in [3.63, 3.8) is 0 Å². The van der Waals surface area contributed by atoms with Crippen LogP contribution in [0.3, 0.4) is 0 Å². The van der Waals surface area contributed by atoms with Crippen molar-refractivity contribution in [3.8, 4) is 11.6 Å². The maximum atomic E-state index is 5.75. The predicted octanol–water partition coefficient (Wildman–Crippen LogP) is 3.33. The van der Waals surface area contributed by atoms with E-state index in [1.165, 1.54) is 0 Å². The number of benzene rings is 1. The largest absolute Gasteiger partial charge is 0.436 e. The molecule has 0 bridgehead atoms. The molecule has 0 aliphatic carbocycles. The molecule has 2 heterocycles. The topological polar surface area (TPSA) is 34.5 Å². The molecule has 1 aliphatic heterocycles. The average Bonchev–Trinajstić information content (AvgIpc) is 2.45. The Morgan fingerprint density at radius 1 is 1.06 bits per heavy atom. The Bertz CT molecular complexity index is 576. The molecule has 1 aromatic heterocycles. The minimum atomic E-state index is 0.619. The molecular weight excluding hydrogens is 200 g/mol. The molecule has 3 heteroatoms. The Labute approximate surface area is 93.4 Å². The van der Waals surface area contributed by atoms with Gasteiger partial charge in [0.2, 0.25) is 5.88 Å². The van der Waals surface area contributed by atoms with Crippen molar-refractivity contribution in [2.45, 2.75) is 6.92 Å². The SMILES string of the molecule is CC1=Nc2ccccc2Oc2ncccc21.